The summed E-state index contributed by atoms with van der Waals surface area (Å²) in [6, 6.07) is -0.982. The van der Waals surface area contributed by atoms with Crippen LogP contribution < -0.4 is 5.32 Å². The first-order valence-electron chi connectivity index (χ1n) is 30.7. The van der Waals surface area contributed by atoms with Crippen molar-refractivity contribution in [3.05, 3.63) is 72.9 Å². The Kier molecular flexibility index (Phi) is 40.0. The molecule has 17 unspecified atom stereocenters. The SMILES string of the molecule is CC/C=C\C/C=C\C/C=C\C/C=C\C/C=C\CCCCCCCCCC(=O)NC(COC1OC(CO)C(OC2OC(CO)C(OC3OC(CO)C(O)C(O)C3O)C(O)C2O)C(O)C1O)C(O)/C=C/CCCCCCCCCCCCC. The topological polar surface area (TPSA) is 307 Å². The van der Waals surface area contributed by atoms with Gasteiger partial charge in [0.05, 0.1) is 38.6 Å². The second kappa shape index (κ2) is 44.7. The van der Waals surface area contributed by atoms with E-state index in [2.05, 4.69) is 79.9 Å². The highest BCUT2D eigenvalue weighted by Gasteiger charge is 2.53. The maximum absolute atomic E-state index is 13.3. The summed E-state index contributed by atoms with van der Waals surface area (Å²) in [6.45, 7) is 1.57. The third-order valence-corrected chi connectivity index (χ3v) is 15.0. The number of hydrogen-bond donors (Lipinski definition) is 12. The second-order valence-corrected chi connectivity index (χ2v) is 21.8. The summed E-state index contributed by atoms with van der Waals surface area (Å²) in [5.74, 6) is -0.291. The Morgan fingerprint density at radius 3 is 1.33 bits per heavy atom. The van der Waals surface area contributed by atoms with Crippen molar-refractivity contribution in [3.8, 4) is 0 Å². The molecule has 3 aliphatic heterocycles. The van der Waals surface area contributed by atoms with Gasteiger partial charge in [0, 0.05) is 6.42 Å². The average Bonchev–Trinajstić information content (AvgIpc) is 3.57. The molecule has 0 aromatic carbocycles. The summed E-state index contributed by atoms with van der Waals surface area (Å²) in [6.07, 6.45) is 25.9. The third kappa shape index (κ3) is 28.3. The largest absolute Gasteiger partial charge is 0.394 e. The van der Waals surface area contributed by atoms with Crippen LogP contribution in [0.15, 0.2) is 72.9 Å². The molecular formula is C62H107NO18. The summed E-state index contributed by atoms with van der Waals surface area (Å²) in [5.41, 5.74) is 0. The lowest BCUT2D eigenvalue weighted by Gasteiger charge is -2.48. The molecule has 3 saturated heterocycles. The molecule has 0 aromatic heterocycles. The van der Waals surface area contributed by atoms with Crippen LogP contribution in [0.2, 0.25) is 0 Å². The van der Waals surface area contributed by atoms with Crippen molar-refractivity contribution in [2.75, 3.05) is 26.4 Å². The van der Waals surface area contributed by atoms with E-state index >= 15 is 0 Å². The summed E-state index contributed by atoms with van der Waals surface area (Å²) < 4.78 is 34.2. The first kappa shape index (κ1) is 72.5. The number of carbonyl (C=O) groups excluding carboxylic acids is 1. The van der Waals surface area contributed by atoms with Crippen LogP contribution in [0.1, 0.15) is 181 Å². The Morgan fingerprint density at radius 1 is 0.457 bits per heavy atom. The number of rotatable bonds is 44. The number of carbonyl (C=O) groups is 1. The molecule has 1 amide bonds. The summed E-state index contributed by atoms with van der Waals surface area (Å²) in [7, 11) is 0. The van der Waals surface area contributed by atoms with Gasteiger partial charge in [0.15, 0.2) is 18.9 Å². The fraction of sp³-hybridized carbons (Fsp3) is 0.790. The number of ether oxygens (including phenoxy) is 6. The number of aliphatic hydroxyl groups is 11. The molecule has 468 valence electrons. The van der Waals surface area contributed by atoms with Gasteiger partial charge in [-0.1, -0.05) is 183 Å². The normalized spacial score (nSPS) is 30.3. The van der Waals surface area contributed by atoms with Crippen molar-refractivity contribution in [1.82, 2.24) is 5.32 Å². The zero-order valence-electron chi connectivity index (χ0n) is 48.7. The van der Waals surface area contributed by atoms with Crippen LogP contribution in [0.25, 0.3) is 0 Å². The van der Waals surface area contributed by atoms with Crippen molar-refractivity contribution in [1.29, 1.82) is 0 Å². The summed E-state index contributed by atoms with van der Waals surface area (Å²) in [4.78, 5) is 13.3. The van der Waals surface area contributed by atoms with Gasteiger partial charge in [0.2, 0.25) is 5.91 Å². The highest BCUT2D eigenvalue weighted by molar-refractivity contribution is 5.76. The maximum atomic E-state index is 13.3. The van der Waals surface area contributed by atoms with Crippen LogP contribution in [-0.4, -0.2) is 193 Å². The van der Waals surface area contributed by atoms with Crippen molar-refractivity contribution in [2.45, 2.75) is 285 Å². The molecule has 19 nitrogen and oxygen atoms in total. The molecule has 81 heavy (non-hydrogen) atoms. The lowest BCUT2D eigenvalue weighted by Crippen LogP contribution is -2.66. The second-order valence-electron chi connectivity index (χ2n) is 21.8. The molecule has 17 atom stereocenters. The van der Waals surface area contributed by atoms with Gasteiger partial charge in [-0.15, -0.1) is 0 Å². The molecule has 3 aliphatic rings. The summed E-state index contributed by atoms with van der Waals surface area (Å²) >= 11 is 0. The van der Waals surface area contributed by atoms with Crippen LogP contribution in [-0.2, 0) is 33.2 Å². The molecule has 3 heterocycles. The van der Waals surface area contributed by atoms with E-state index < -0.39 is 124 Å². The van der Waals surface area contributed by atoms with Gasteiger partial charge in [-0.05, 0) is 64.2 Å². The summed E-state index contributed by atoms with van der Waals surface area (Å²) in [5, 5.41) is 120. The molecular weight excluding hydrogens is 1050 g/mol. The van der Waals surface area contributed by atoms with E-state index in [0.717, 1.165) is 103 Å². The van der Waals surface area contributed by atoms with Crippen LogP contribution in [0, 0.1) is 0 Å². The van der Waals surface area contributed by atoms with Crippen LogP contribution in [0.4, 0.5) is 0 Å². The van der Waals surface area contributed by atoms with E-state index in [1.165, 1.54) is 51.4 Å². The predicted molar refractivity (Wildman–Crippen MR) is 309 cm³/mol. The van der Waals surface area contributed by atoms with E-state index in [1.807, 2.05) is 6.08 Å². The molecule has 0 aromatic rings. The van der Waals surface area contributed by atoms with E-state index in [4.69, 9.17) is 28.4 Å². The Balaban J connectivity index is 1.48. The van der Waals surface area contributed by atoms with Crippen molar-refractivity contribution >= 4 is 5.91 Å². The van der Waals surface area contributed by atoms with Crippen molar-refractivity contribution < 1.29 is 89.4 Å². The van der Waals surface area contributed by atoms with Crippen LogP contribution >= 0.6 is 0 Å². The van der Waals surface area contributed by atoms with Crippen molar-refractivity contribution in [2.24, 2.45) is 0 Å². The van der Waals surface area contributed by atoms with Gasteiger partial charge in [-0.2, -0.15) is 0 Å². The molecule has 3 fully saturated rings. The molecule has 0 spiro atoms. The minimum absolute atomic E-state index is 0.226. The zero-order valence-corrected chi connectivity index (χ0v) is 48.7. The molecule has 3 rings (SSSR count). The maximum Gasteiger partial charge on any atom is 0.220 e. The first-order chi connectivity index (χ1) is 39.3. The molecule has 0 bridgehead atoms. The van der Waals surface area contributed by atoms with E-state index in [0.29, 0.717) is 6.42 Å². The number of amides is 1. The van der Waals surface area contributed by atoms with Crippen LogP contribution in [0.5, 0.6) is 0 Å². The molecule has 0 radical (unpaired) electrons. The lowest BCUT2D eigenvalue weighted by molar-refractivity contribution is -0.379. The minimum Gasteiger partial charge on any atom is -0.394 e. The number of allylic oxidation sites excluding steroid dienone is 11. The fourth-order valence-electron chi connectivity index (χ4n) is 9.98. The Hall–Kier alpha value is -2.77. The molecule has 0 aliphatic carbocycles. The van der Waals surface area contributed by atoms with E-state index in [-0.39, 0.29) is 18.9 Å². The number of aliphatic hydroxyl groups excluding tert-OH is 11. The van der Waals surface area contributed by atoms with Gasteiger partial charge in [-0.3, -0.25) is 4.79 Å². The minimum atomic E-state index is -1.98. The van der Waals surface area contributed by atoms with Gasteiger partial charge >= 0.3 is 0 Å². The quantitative estimate of drug-likeness (QED) is 0.0253. The Labute approximate surface area is 483 Å². The molecule has 19 heteroatoms. The third-order valence-electron chi connectivity index (χ3n) is 15.0. The Bertz CT molecular complexity index is 1760. The monoisotopic (exact) mass is 1150 g/mol. The van der Waals surface area contributed by atoms with Gasteiger partial charge in [-0.25, -0.2) is 0 Å². The Morgan fingerprint density at radius 2 is 0.852 bits per heavy atom. The smallest absolute Gasteiger partial charge is 0.220 e. The number of nitrogens with one attached hydrogen (secondary N) is 1. The lowest BCUT2D eigenvalue weighted by atomic mass is 9.96. The standard InChI is InChI=1S/C62H107NO18/c1-3-5-7-9-11-13-15-17-18-19-20-21-22-23-24-25-26-28-30-32-34-36-38-40-50(68)63-45(46(67)39-37-35-33-31-29-27-16-14-12-10-8-6-4-2)44-76-60-56(74)53(71)58(48(42-65)78-60)81-62-57(75)54(72)59(49(43-66)79-62)80-61-55(73)52(70)51(69)47(41-64)77-61/h5,7,11,13,17-18,20-21,23-24,37,39,45-49,51-62,64-67,69-75H,3-4,6,8-10,12,14-16,19,22,25-36,38,40-44H2,1-2H3,(H,63,68)/b7-5-,13-11-,18-17-,21-20-,24-23-,39-37+. The highest BCUT2D eigenvalue weighted by atomic mass is 16.8. The fourth-order valence-corrected chi connectivity index (χ4v) is 9.98. The average molecular weight is 1150 g/mol. The van der Waals surface area contributed by atoms with Crippen LogP contribution in [0.3, 0.4) is 0 Å². The van der Waals surface area contributed by atoms with E-state index in [9.17, 15) is 61.0 Å². The zero-order chi connectivity index (χ0) is 59.0. The molecule has 0 saturated carbocycles. The van der Waals surface area contributed by atoms with E-state index in [1.54, 1.807) is 6.08 Å². The number of hydrogen-bond acceptors (Lipinski definition) is 18. The van der Waals surface area contributed by atoms with Gasteiger partial charge < -0.3 is 89.9 Å². The number of unbranched alkanes of at least 4 members (excludes halogenated alkanes) is 18. The predicted octanol–water partition coefficient (Wildman–Crippen LogP) is 5.82. The van der Waals surface area contributed by atoms with Gasteiger partial charge in [0.25, 0.3) is 0 Å². The highest BCUT2D eigenvalue weighted by Crippen LogP contribution is 2.33. The van der Waals surface area contributed by atoms with Gasteiger partial charge in [0.1, 0.15) is 73.2 Å². The van der Waals surface area contributed by atoms with Crippen molar-refractivity contribution in [3.63, 3.8) is 0 Å². The first-order valence-corrected chi connectivity index (χ1v) is 30.7. The molecule has 12 N–H and O–H groups in total.